The molecule has 0 aliphatic rings. The first-order valence-corrected chi connectivity index (χ1v) is 7.77. The maximum absolute atomic E-state index is 6.37. The van der Waals surface area contributed by atoms with Crippen molar-refractivity contribution in [2.45, 2.75) is 26.4 Å². The summed E-state index contributed by atoms with van der Waals surface area (Å²) >= 11 is 11.6. The molecule has 0 bridgehead atoms. The number of rotatable bonds is 4. The normalized spacial score (nSPS) is 12.9. The summed E-state index contributed by atoms with van der Waals surface area (Å²) in [4.78, 5) is 1.13. The molecule has 0 aromatic carbocycles. The second-order valence-electron chi connectivity index (χ2n) is 4.01. The number of aromatic nitrogens is 2. The van der Waals surface area contributed by atoms with Gasteiger partial charge in [0.2, 0.25) is 0 Å². The minimum Gasteiger partial charge on any atom is -0.307 e. The molecule has 2 rings (SSSR count). The zero-order valence-corrected chi connectivity index (χ0v) is 13.7. The van der Waals surface area contributed by atoms with Crippen LogP contribution in [0.3, 0.4) is 0 Å². The van der Waals surface area contributed by atoms with Crippen LogP contribution in [-0.4, -0.2) is 16.8 Å². The predicted octanol–water partition coefficient (Wildman–Crippen LogP) is 4.00. The molecular weight excluding hydrogens is 334 g/mol. The monoisotopic (exact) mass is 347 g/mol. The second kappa shape index (κ2) is 5.74. The number of hydrogen-bond acceptors (Lipinski definition) is 3. The lowest BCUT2D eigenvalue weighted by Crippen LogP contribution is -2.21. The topological polar surface area (TPSA) is 29.9 Å². The van der Waals surface area contributed by atoms with Crippen molar-refractivity contribution < 1.29 is 0 Å². The largest absolute Gasteiger partial charge is 0.307 e. The SMILES string of the molecule is CCn1ncc(Br)c1C(NC)c1scc(C)c1Cl. The molecule has 1 atom stereocenters. The highest BCUT2D eigenvalue weighted by Crippen LogP contribution is 2.37. The smallest absolute Gasteiger partial charge is 0.0866 e. The highest BCUT2D eigenvalue weighted by Gasteiger charge is 2.24. The minimum absolute atomic E-state index is 0.0630. The van der Waals surface area contributed by atoms with Crippen LogP contribution in [0.1, 0.15) is 29.1 Å². The fraction of sp³-hybridized carbons (Fsp3) is 0.417. The minimum atomic E-state index is 0.0630. The van der Waals surface area contributed by atoms with E-state index < -0.39 is 0 Å². The van der Waals surface area contributed by atoms with Gasteiger partial charge in [-0.2, -0.15) is 5.10 Å². The molecule has 18 heavy (non-hydrogen) atoms. The third-order valence-corrected chi connectivity index (χ3v) is 5.27. The van der Waals surface area contributed by atoms with Crippen LogP contribution in [0.15, 0.2) is 16.0 Å². The van der Waals surface area contributed by atoms with Gasteiger partial charge in [-0.3, -0.25) is 4.68 Å². The molecular formula is C12H15BrClN3S. The number of aryl methyl sites for hydroxylation is 2. The molecule has 2 aromatic heterocycles. The van der Waals surface area contributed by atoms with Crippen molar-refractivity contribution in [2.75, 3.05) is 7.05 Å². The Morgan fingerprint density at radius 1 is 1.61 bits per heavy atom. The number of nitrogens with zero attached hydrogens (tertiary/aromatic N) is 2. The van der Waals surface area contributed by atoms with Gasteiger partial charge in [-0.15, -0.1) is 11.3 Å². The lowest BCUT2D eigenvalue weighted by atomic mass is 10.1. The molecule has 0 fully saturated rings. The summed E-state index contributed by atoms with van der Waals surface area (Å²) in [6, 6.07) is 0.0630. The highest BCUT2D eigenvalue weighted by atomic mass is 79.9. The molecule has 1 unspecified atom stereocenters. The van der Waals surface area contributed by atoms with Gasteiger partial charge in [-0.25, -0.2) is 0 Å². The average Bonchev–Trinajstić information content (AvgIpc) is 2.89. The second-order valence-corrected chi connectivity index (χ2v) is 6.16. The van der Waals surface area contributed by atoms with Crippen LogP contribution < -0.4 is 5.32 Å². The molecule has 0 saturated carbocycles. The van der Waals surface area contributed by atoms with Crippen molar-refractivity contribution in [2.24, 2.45) is 0 Å². The summed E-state index contributed by atoms with van der Waals surface area (Å²) in [5.74, 6) is 0. The molecule has 2 aromatic rings. The molecule has 0 spiro atoms. The van der Waals surface area contributed by atoms with Crippen LogP contribution in [0.2, 0.25) is 5.02 Å². The number of nitrogens with one attached hydrogen (secondary N) is 1. The zero-order chi connectivity index (χ0) is 13.3. The van der Waals surface area contributed by atoms with Gasteiger partial charge >= 0.3 is 0 Å². The van der Waals surface area contributed by atoms with Crippen molar-refractivity contribution in [3.63, 3.8) is 0 Å². The van der Waals surface area contributed by atoms with Crippen molar-refractivity contribution in [1.82, 2.24) is 15.1 Å². The summed E-state index contributed by atoms with van der Waals surface area (Å²) in [6.07, 6.45) is 1.83. The van der Waals surface area contributed by atoms with Crippen LogP contribution in [0, 0.1) is 6.92 Å². The van der Waals surface area contributed by atoms with Gasteiger partial charge in [-0.1, -0.05) is 11.6 Å². The molecule has 0 aliphatic heterocycles. The third-order valence-electron chi connectivity index (χ3n) is 2.88. The Kier molecular flexibility index (Phi) is 4.48. The van der Waals surface area contributed by atoms with E-state index in [1.807, 2.05) is 24.9 Å². The van der Waals surface area contributed by atoms with Gasteiger partial charge in [0.05, 0.1) is 27.4 Å². The standard InChI is InChI=1S/C12H15BrClN3S/c1-4-17-11(8(13)5-16-17)10(15-3)12-9(14)7(2)6-18-12/h5-6,10,15H,4H2,1-3H3. The third kappa shape index (κ3) is 2.37. The molecule has 2 heterocycles. The number of hydrogen-bond donors (Lipinski definition) is 1. The Balaban J connectivity index is 2.51. The molecule has 0 amide bonds. The number of halogens is 2. The van der Waals surface area contributed by atoms with Gasteiger partial charge in [0.1, 0.15) is 0 Å². The van der Waals surface area contributed by atoms with Crippen LogP contribution in [0.4, 0.5) is 0 Å². The first-order chi connectivity index (χ1) is 8.60. The van der Waals surface area contributed by atoms with Gasteiger partial charge in [0.25, 0.3) is 0 Å². The van der Waals surface area contributed by atoms with E-state index in [0.29, 0.717) is 0 Å². The Hall–Kier alpha value is -0.360. The summed E-state index contributed by atoms with van der Waals surface area (Å²) in [7, 11) is 1.94. The maximum atomic E-state index is 6.37. The van der Waals surface area contributed by atoms with E-state index in [9.17, 15) is 0 Å². The molecule has 6 heteroatoms. The Labute approximate surface area is 124 Å². The van der Waals surface area contributed by atoms with E-state index in [2.05, 4.69) is 38.6 Å². The van der Waals surface area contributed by atoms with E-state index in [-0.39, 0.29) is 6.04 Å². The van der Waals surface area contributed by atoms with Crippen LogP contribution in [0.5, 0.6) is 0 Å². The Morgan fingerprint density at radius 2 is 2.33 bits per heavy atom. The quantitative estimate of drug-likeness (QED) is 0.905. The summed E-state index contributed by atoms with van der Waals surface area (Å²) < 4.78 is 2.99. The van der Waals surface area contributed by atoms with E-state index >= 15 is 0 Å². The molecule has 0 saturated heterocycles. The van der Waals surface area contributed by atoms with Crippen LogP contribution in [0.25, 0.3) is 0 Å². The van der Waals surface area contributed by atoms with Gasteiger partial charge < -0.3 is 5.32 Å². The molecule has 0 radical (unpaired) electrons. The van der Waals surface area contributed by atoms with Crippen molar-refractivity contribution in [3.05, 3.63) is 37.2 Å². The van der Waals surface area contributed by atoms with E-state index in [4.69, 9.17) is 11.6 Å². The first-order valence-electron chi connectivity index (χ1n) is 5.72. The average molecular weight is 349 g/mol. The summed E-state index contributed by atoms with van der Waals surface area (Å²) in [5, 5.41) is 10.6. The maximum Gasteiger partial charge on any atom is 0.0866 e. The lowest BCUT2D eigenvalue weighted by molar-refractivity contribution is 0.566. The van der Waals surface area contributed by atoms with Gasteiger partial charge in [0.15, 0.2) is 0 Å². The van der Waals surface area contributed by atoms with Gasteiger partial charge in [0, 0.05) is 11.4 Å². The fourth-order valence-corrected chi connectivity index (χ4v) is 3.89. The van der Waals surface area contributed by atoms with Crippen molar-refractivity contribution in [1.29, 1.82) is 0 Å². The summed E-state index contributed by atoms with van der Waals surface area (Å²) in [5.41, 5.74) is 2.24. The molecule has 1 N–H and O–H groups in total. The van der Waals surface area contributed by atoms with Crippen molar-refractivity contribution >= 4 is 38.9 Å². The van der Waals surface area contributed by atoms with E-state index in [1.165, 1.54) is 0 Å². The van der Waals surface area contributed by atoms with Crippen LogP contribution >= 0.6 is 38.9 Å². The lowest BCUT2D eigenvalue weighted by Gasteiger charge is -2.17. The molecule has 98 valence electrons. The molecule has 0 aliphatic carbocycles. The highest BCUT2D eigenvalue weighted by molar-refractivity contribution is 9.10. The number of thiophene rings is 1. The predicted molar refractivity (Wildman–Crippen MR) is 80.6 cm³/mol. The van der Waals surface area contributed by atoms with Crippen molar-refractivity contribution in [3.8, 4) is 0 Å². The van der Waals surface area contributed by atoms with E-state index in [0.717, 1.165) is 32.2 Å². The summed E-state index contributed by atoms with van der Waals surface area (Å²) in [6.45, 7) is 4.94. The molecule has 3 nitrogen and oxygen atoms in total. The Morgan fingerprint density at radius 3 is 2.83 bits per heavy atom. The van der Waals surface area contributed by atoms with E-state index in [1.54, 1.807) is 11.3 Å². The fourth-order valence-electron chi connectivity index (χ4n) is 1.95. The first kappa shape index (κ1) is 14.1. The van der Waals surface area contributed by atoms with Gasteiger partial charge in [-0.05, 0) is 47.8 Å². The Bertz CT molecular complexity index is 550. The zero-order valence-electron chi connectivity index (χ0n) is 10.5. The van der Waals surface area contributed by atoms with Crippen LogP contribution in [-0.2, 0) is 6.54 Å².